The minimum Gasteiger partial charge on any atom is -0.435 e. The second-order valence-corrected chi connectivity index (χ2v) is 4.31. The summed E-state index contributed by atoms with van der Waals surface area (Å²) in [6.07, 6.45) is 2.36. The maximum Gasteiger partial charge on any atom is 0.387 e. The lowest BCUT2D eigenvalue weighted by molar-refractivity contribution is -0.0500. The zero-order valence-corrected chi connectivity index (χ0v) is 10.1. The van der Waals surface area contributed by atoms with Crippen LogP contribution in [-0.2, 0) is 11.3 Å². The quantitative estimate of drug-likeness (QED) is 0.879. The number of hydrogen-bond acceptors (Lipinski definition) is 3. The summed E-state index contributed by atoms with van der Waals surface area (Å²) in [4.78, 5) is 0. The lowest BCUT2D eigenvalue weighted by Crippen LogP contribution is -2.35. The molecular formula is C13H17F2NO2. The van der Waals surface area contributed by atoms with Crippen LogP contribution in [0.3, 0.4) is 0 Å². The molecule has 3 nitrogen and oxygen atoms in total. The monoisotopic (exact) mass is 257 g/mol. The molecule has 18 heavy (non-hydrogen) atoms. The van der Waals surface area contributed by atoms with Gasteiger partial charge in [0.25, 0.3) is 0 Å². The Kier molecular flexibility index (Phi) is 4.90. The highest BCUT2D eigenvalue weighted by atomic mass is 19.3. The molecule has 1 aromatic rings. The van der Waals surface area contributed by atoms with Crippen molar-refractivity contribution in [3.8, 4) is 5.75 Å². The number of benzene rings is 1. The van der Waals surface area contributed by atoms with Crippen molar-refractivity contribution in [2.24, 2.45) is 0 Å². The molecule has 1 N–H and O–H groups in total. The van der Waals surface area contributed by atoms with E-state index in [4.69, 9.17) is 4.74 Å². The molecule has 100 valence electrons. The summed E-state index contributed by atoms with van der Waals surface area (Å²) in [5.41, 5.74) is 0.846. The number of hydrogen-bond donors (Lipinski definition) is 1. The van der Waals surface area contributed by atoms with Crippen LogP contribution < -0.4 is 10.1 Å². The predicted octanol–water partition coefficient (Wildman–Crippen LogP) is 2.56. The van der Waals surface area contributed by atoms with Crippen LogP contribution >= 0.6 is 0 Å². The third-order valence-corrected chi connectivity index (χ3v) is 2.86. The fourth-order valence-electron chi connectivity index (χ4n) is 1.99. The molecule has 0 spiro atoms. The van der Waals surface area contributed by atoms with Gasteiger partial charge in [-0.15, -0.1) is 0 Å². The van der Waals surface area contributed by atoms with Gasteiger partial charge in [-0.1, -0.05) is 12.1 Å². The Bertz CT molecular complexity index is 368. The highest BCUT2D eigenvalue weighted by Crippen LogP contribution is 2.17. The van der Waals surface area contributed by atoms with Gasteiger partial charge in [-0.25, -0.2) is 0 Å². The maximum atomic E-state index is 12.1. The predicted molar refractivity (Wildman–Crippen MR) is 63.8 cm³/mol. The number of halogens is 2. The zero-order valence-electron chi connectivity index (χ0n) is 10.1. The van der Waals surface area contributed by atoms with Crippen molar-refractivity contribution in [3.05, 3.63) is 29.8 Å². The number of piperidine rings is 1. The van der Waals surface area contributed by atoms with Gasteiger partial charge in [0.15, 0.2) is 0 Å². The summed E-state index contributed by atoms with van der Waals surface area (Å²) in [5.74, 6) is 0.174. The van der Waals surface area contributed by atoms with Gasteiger partial charge < -0.3 is 14.8 Å². The number of rotatable bonds is 5. The molecule has 0 aromatic heterocycles. The van der Waals surface area contributed by atoms with E-state index in [0.717, 1.165) is 31.5 Å². The van der Waals surface area contributed by atoms with Crippen molar-refractivity contribution in [3.63, 3.8) is 0 Å². The molecule has 1 atom stereocenters. The summed E-state index contributed by atoms with van der Waals surface area (Å²) >= 11 is 0. The van der Waals surface area contributed by atoms with Crippen LogP contribution in [0.15, 0.2) is 24.3 Å². The molecule has 0 unspecified atom stereocenters. The molecule has 1 aliphatic heterocycles. The standard InChI is InChI=1S/C13H17F2NO2/c14-13(15)18-11-4-1-3-10(7-11)9-17-12-5-2-6-16-8-12/h1,3-4,7,12-13,16H,2,5-6,8-9H2/t12-/m0/s1. The van der Waals surface area contributed by atoms with Gasteiger partial charge in [-0.05, 0) is 37.1 Å². The van der Waals surface area contributed by atoms with Crippen molar-refractivity contribution in [1.29, 1.82) is 0 Å². The van der Waals surface area contributed by atoms with E-state index in [2.05, 4.69) is 10.1 Å². The van der Waals surface area contributed by atoms with Crippen LogP contribution in [0, 0.1) is 0 Å². The van der Waals surface area contributed by atoms with Gasteiger partial charge in [-0.2, -0.15) is 8.78 Å². The summed E-state index contributed by atoms with van der Waals surface area (Å²) in [5, 5.41) is 3.26. The molecule has 0 aliphatic carbocycles. The van der Waals surface area contributed by atoms with Gasteiger partial charge in [-0.3, -0.25) is 0 Å². The van der Waals surface area contributed by atoms with Crippen LogP contribution in [0.5, 0.6) is 5.75 Å². The van der Waals surface area contributed by atoms with E-state index < -0.39 is 6.61 Å². The largest absolute Gasteiger partial charge is 0.435 e. The molecule has 2 rings (SSSR count). The number of alkyl halides is 2. The van der Waals surface area contributed by atoms with Crippen LogP contribution in [0.1, 0.15) is 18.4 Å². The van der Waals surface area contributed by atoms with Gasteiger partial charge in [0.1, 0.15) is 5.75 Å². The fourth-order valence-corrected chi connectivity index (χ4v) is 1.99. The number of nitrogens with one attached hydrogen (secondary N) is 1. The third kappa shape index (κ3) is 4.23. The first kappa shape index (κ1) is 13.2. The molecule has 1 fully saturated rings. The second-order valence-electron chi connectivity index (χ2n) is 4.31. The maximum absolute atomic E-state index is 12.1. The van der Waals surface area contributed by atoms with E-state index in [1.54, 1.807) is 12.1 Å². The molecule has 1 saturated heterocycles. The Morgan fingerprint density at radius 3 is 3.00 bits per heavy atom. The van der Waals surface area contributed by atoms with E-state index in [-0.39, 0.29) is 11.9 Å². The molecule has 0 amide bonds. The average Bonchev–Trinajstić information content (AvgIpc) is 2.37. The van der Waals surface area contributed by atoms with Crippen LogP contribution in [-0.4, -0.2) is 25.8 Å². The Morgan fingerprint density at radius 2 is 2.28 bits per heavy atom. The molecule has 5 heteroatoms. The molecule has 1 aromatic carbocycles. The molecule has 1 aliphatic rings. The van der Waals surface area contributed by atoms with E-state index in [9.17, 15) is 8.78 Å². The highest BCUT2D eigenvalue weighted by Gasteiger charge is 2.13. The van der Waals surface area contributed by atoms with Crippen LogP contribution in [0.25, 0.3) is 0 Å². The minimum atomic E-state index is -2.79. The lowest BCUT2D eigenvalue weighted by Gasteiger charge is -2.23. The topological polar surface area (TPSA) is 30.5 Å². The van der Waals surface area contributed by atoms with Crippen LogP contribution in [0.4, 0.5) is 8.78 Å². The first-order valence-corrected chi connectivity index (χ1v) is 6.10. The van der Waals surface area contributed by atoms with E-state index in [0.29, 0.717) is 6.61 Å². The van der Waals surface area contributed by atoms with Gasteiger partial charge in [0, 0.05) is 6.54 Å². The Balaban J connectivity index is 1.84. The van der Waals surface area contributed by atoms with Gasteiger partial charge in [0.2, 0.25) is 0 Å². The molecule has 0 bridgehead atoms. The normalized spacial score (nSPS) is 20.1. The lowest BCUT2D eigenvalue weighted by atomic mass is 10.1. The SMILES string of the molecule is FC(F)Oc1cccc(CO[C@H]2CCCNC2)c1. The van der Waals surface area contributed by atoms with Gasteiger partial charge >= 0.3 is 6.61 Å². The van der Waals surface area contributed by atoms with Crippen molar-refractivity contribution in [2.75, 3.05) is 13.1 Å². The fraction of sp³-hybridized carbons (Fsp3) is 0.538. The van der Waals surface area contributed by atoms with E-state index >= 15 is 0 Å². The Hall–Kier alpha value is -1.20. The Labute approximate surface area is 105 Å². The summed E-state index contributed by atoms with van der Waals surface area (Å²) < 4.78 is 34.2. The van der Waals surface area contributed by atoms with E-state index in [1.165, 1.54) is 6.07 Å². The summed E-state index contributed by atoms with van der Waals surface area (Å²) in [6.45, 7) is -0.471. The number of ether oxygens (including phenoxy) is 2. The molecule has 0 radical (unpaired) electrons. The van der Waals surface area contributed by atoms with Crippen molar-refractivity contribution < 1.29 is 18.3 Å². The van der Waals surface area contributed by atoms with Crippen LogP contribution in [0.2, 0.25) is 0 Å². The van der Waals surface area contributed by atoms with Crippen molar-refractivity contribution in [1.82, 2.24) is 5.32 Å². The zero-order chi connectivity index (χ0) is 12.8. The summed E-state index contributed by atoms with van der Waals surface area (Å²) in [7, 11) is 0. The molecule has 0 saturated carbocycles. The van der Waals surface area contributed by atoms with Crippen molar-refractivity contribution in [2.45, 2.75) is 32.2 Å². The highest BCUT2D eigenvalue weighted by molar-refractivity contribution is 5.28. The van der Waals surface area contributed by atoms with Crippen molar-refractivity contribution >= 4 is 0 Å². The third-order valence-electron chi connectivity index (χ3n) is 2.86. The average molecular weight is 257 g/mol. The summed E-state index contributed by atoms with van der Waals surface area (Å²) in [6, 6.07) is 6.63. The smallest absolute Gasteiger partial charge is 0.387 e. The molecule has 1 heterocycles. The first-order valence-electron chi connectivity index (χ1n) is 6.10. The van der Waals surface area contributed by atoms with Gasteiger partial charge in [0.05, 0.1) is 12.7 Å². The minimum absolute atomic E-state index is 0.174. The second kappa shape index (κ2) is 6.66. The first-order chi connectivity index (χ1) is 8.74. The van der Waals surface area contributed by atoms with E-state index in [1.807, 2.05) is 6.07 Å². The molecular weight excluding hydrogens is 240 g/mol. The Morgan fingerprint density at radius 1 is 1.39 bits per heavy atom.